The van der Waals surface area contributed by atoms with Crippen LogP contribution in [0.1, 0.15) is 11.4 Å². The zero-order valence-electron chi connectivity index (χ0n) is 12.9. The first-order valence-corrected chi connectivity index (χ1v) is 8.35. The van der Waals surface area contributed by atoms with Gasteiger partial charge in [-0.25, -0.2) is 9.97 Å². The minimum Gasteiger partial charge on any atom is -0.298 e. The number of H-pyrrole nitrogens is 1. The zero-order valence-corrected chi connectivity index (χ0v) is 13.7. The number of aromatic amines is 1. The van der Waals surface area contributed by atoms with E-state index in [1.807, 2.05) is 24.4 Å². The van der Waals surface area contributed by atoms with Crippen LogP contribution in [0.2, 0.25) is 0 Å². The highest BCUT2D eigenvalue weighted by atomic mass is 32.1. The molecule has 0 fully saturated rings. The fourth-order valence-electron chi connectivity index (χ4n) is 2.53. The molecular weight excluding hydrogens is 324 g/mol. The minimum atomic E-state index is -0.00683. The van der Waals surface area contributed by atoms with E-state index in [1.54, 1.807) is 23.3 Å². The fourth-order valence-corrected chi connectivity index (χ4v) is 3.41. The number of fused-ring (bicyclic) bond motifs is 1. The lowest BCUT2D eigenvalue weighted by molar-refractivity contribution is 0.645. The molecule has 0 aliphatic rings. The number of thiophene rings is 1. The van der Waals surface area contributed by atoms with Crippen LogP contribution >= 0.6 is 11.3 Å². The second-order valence-electron chi connectivity index (χ2n) is 5.43. The average Bonchev–Trinajstić information content (AvgIpc) is 3.23. The molecule has 0 aliphatic heterocycles. The van der Waals surface area contributed by atoms with Gasteiger partial charge in [-0.1, -0.05) is 0 Å². The van der Waals surface area contributed by atoms with Crippen molar-refractivity contribution in [2.75, 3.05) is 0 Å². The molecule has 24 heavy (non-hydrogen) atoms. The first kappa shape index (κ1) is 14.7. The molecular formula is C16H14N6OS. The molecule has 4 rings (SSSR count). The van der Waals surface area contributed by atoms with Crippen LogP contribution in [-0.4, -0.2) is 29.7 Å². The normalized spacial score (nSPS) is 11.2. The maximum absolute atomic E-state index is 12.5. The molecule has 0 unspecified atom stereocenters. The van der Waals surface area contributed by atoms with E-state index in [2.05, 4.69) is 25.1 Å². The Bertz CT molecular complexity index is 1050. The molecule has 0 saturated heterocycles. The maximum atomic E-state index is 12.5. The first-order chi connectivity index (χ1) is 11.7. The molecule has 0 spiro atoms. The van der Waals surface area contributed by atoms with E-state index in [0.717, 1.165) is 21.8 Å². The Morgan fingerprint density at radius 3 is 2.96 bits per heavy atom. The summed E-state index contributed by atoms with van der Waals surface area (Å²) >= 11 is 1.49. The number of rotatable bonds is 4. The lowest BCUT2D eigenvalue weighted by Crippen LogP contribution is -2.21. The van der Waals surface area contributed by atoms with Crippen LogP contribution in [0.5, 0.6) is 0 Å². The van der Waals surface area contributed by atoms with Gasteiger partial charge < -0.3 is 0 Å². The molecule has 4 aromatic rings. The Hall–Kier alpha value is -2.87. The molecule has 7 nitrogen and oxygen atoms in total. The van der Waals surface area contributed by atoms with Crippen molar-refractivity contribution in [3.63, 3.8) is 0 Å². The van der Waals surface area contributed by atoms with Crippen molar-refractivity contribution in [2.24, 2.45) is 0 Å². The summed E-state index contributed by atoms with van der Waals surface area (Å²) in [6, 6.07) is 3.71. The Morgan fingerprint density at radius 2 is 2.12 bits per heavy atom. The Kier molecular flexibility index (Phi) is 3.66. The van der Waals surface area contributed by atoms with Crippen LogP contribution in [-0.2, 0) is 13.0 Å². The quantitative estimate of drug-likeness (QED) is 0.616. The van der Waals surface area contributed by atoms with E-state index < -0.39 is 0 Å². The number of aryl methyl sites for hydroxylation is 3. The predicted octanol–water partition coefficient (Wildman–Crippen LogP) is 2.19. The van der Waals surface area contributed by atoms with E-state index in [9.17, 15) is 4.79 Å². The summed E-state index contributed by atoms with van der Waals surface area (Å²) in [6.07, 6.45) is 5.58. The van der Waals surface area contributed by atoms with E-state index in [4.69, 9.17) is 0 Å². The second kappa shape index (κ2) is 5.97. The standard InChI is InChI=1S/C16H14N6OS/c1-10-8-24-15-13(10)16(23)22(9-18-15)7-4-12-19-14(21-20-12)11-2-5-17-6-3-11/h2-3,5-6,8-9H,4,7H2,1H3,(H,19,20,21). The molecule has 0 atom stereocenters. The number of aromatic nitrogens is 6. The topological polar surface area (TPSA) is 89.3 Å². The molecule has 0 saturated carbocycles. The van der Waals surface area contributed by atoms with Crippen molar-refractivity contribution in [1.29, 1.82) is 0 Å². The minimum absolute atomic E-state index is 0.00683. The van der Waals surface area contributed by atoms with Crippen molar-refractivity contribution in [3.05, 3.63) is 58.0 Å². The highest BCUT2D eigenvalue weighted by molar-refractivity contribution is 7.16. The second-order valence-corrected chi connectivity index (χ2v) is 6.29. The molecule has 1 N–H and O–H groups in total. The highest BCUT2D eigenvalue weighted by Crippen LogP contribution is 2.19. The van der Waals surface area contributed by atoms with E-state index >= 15 is 0 Å². The van der Waals surface area contributed by atoms with Gasteiger partial charge >= 0.3 is 0 Å². The number of nitrogens with zero attached hydrogens (tertiary/aromatic N) is 5. The summed E-state index contributed by atoms with van der Waals surface area (Å²) in [5.74, 6) is 1.36. The lowest BCUT2D eigenvalue weighted by atomic mass is 10.2. The zero-order chi connectivity index (χ0) is 16.5. The average molecular weight is 338 g/mol. The Morgan fingerprint density at radius 1 is 1.29 bits per heavy atom. The van der Waals surface area contributed by atoms with Crippen molar-refractivity contribution in [1.82, 2.24) is 29.7 Å². The van der Waals surface area contributed by atoms with Crippen LogP contribution in [0.15, 0.2) is 41.0 Å². The number of nitrogens with one attached hydrogen (secondary N) is 1. The third-order valence-electron chi connectivity index (χ3n) is 3.80. The van der Waals surface area contributed by atoms with Gasteiger partial charge in [-0.3, -0.25) is 19.4 Å². The summed E-state index contributed by atoms with van der Waals surface area (Å²) in [6.45, 7) is 2.44. The van der Waals surface area contributed by atoms with Gasteiger partial charge in [0.05, 0.1) is 11.7 Å². The molecule has 0 radical (unpaired) electrons. The van der Waals surface area contributed by atoms with Gasteiger partial charge in [0.1, 0.15) is 10.7 Å². The van der Waals surface area contributed by atoms with E-state index in [1.165, 1.54) is 11.3 Å². The van der Waals surface area contributed by atoms with Crippen molar-refractivity contribution in [2.45, 2.75) is 19.9 Å². The van der Waals surface area contributed by atoms with Crippen LogP contribution in [0, 0.1) is 6.92 Å². The van der Waals surface area contributed by atoms with Crippen molar-refractivity contribution in [3.8, 4) is 11.4 Å². The van der Waals surface area contributed by atoms with Crippen molar-refractivity contribution < 1.29 is 0 Å². The third kappa shape index (κ3) is 2.61. The first-order valence-electron chi connectivity index (χ1n) is 7.47. The molecule has 4 heterocycles. The van der Waals surface area contributed by atoms with Gasteiger partial charge in [0, 0.05) is 30.9 Å². The molecule has 8 heteroatoms. The SMILES string of the molecule is Cc1csc2ncn(CCc3nc(-c4ccncc4)n[nH]3)c(=O)c12. The summed E-state index contributed by atoms with van der Waals surface area (Å²) in [5.41, 5.74) is 1.87. The highest BCUT2D eigenvalue weighted by Gasteiger charge is 2.10. The van der Waals surface area contributed by atoms with Gasteiger partial charge in [0.2, 0.25) is 0 Å². The summed E-state index contributed by atoms with van der Waals surface area (Å²) in [5, 5.41) is 9.80. The van der Waals surface area contributed by atoms with Gasteiger partial charge in [0.15, 0.2) is 5.82 Å². The van der Waals surface area contributed by atoms with Crippen LogP contribution in [0.3, 0.4) is 0 Å². The largest absolute Gasteiger partial charge is 0.298 e. The van der Waals surface area contributed by atoms with Crippen LogP contribution in [0.25, 0.3) is 21.6 Å². The van der Waals surface area contributed by atoms with E-state index in [0.29, 0.717) is 24.2 Å². The molecule has 120 valence electrons. The third-order valence-corrected chi connectivity index (χ3v) is 4.81. The summed E-state index contributed by atoms with van der Waals surface area (Å²) < 4.78 is 1.62. The van der Waals surface area contributed by atoms with Gasteiger partial charge in [-0.05, 0) is 30.0 Å². The Balaban J connectivity index is 1.56. The van der Waals surface area contributed by atoms with E-state index in [-0.39, 0.29) is 5.56 Å². The molecule has 0 aromatic carbocycles. The molecule has 0 bridgehead atoms. The Labute approximate surface area is 141 Å². The van der Waals surface area contributed by atoms with Crippen molar-refractivity contribution >= 4 is 21.6 Å². The smallest absolute Gasteiger partial charge is 0.262 e. The fraction of sp³-hybridized carbons (Fsp3) is 0.188. The summed E-state index contributed by atoms with van der Waals surface area (Å²) in [4.78, 5) is 26.1. The monoisotopic (exact) mass is 338 g/mol. The van der Waals surface area contributed by atoms with Gasteiger partial charge in [0.25, 0.3) is 5.56 Å². The number of hydrogen-bond acceptors (Lipinski definition) is 6. The molecule has 0 aliphatic carbocycles. The maximum Gasteiger partial charge on any atom is 0.262 e. The number of hydrogen-bond donors (Lipinski definition) is 1. The van der Waals surface area contributed by atoms with Crippen LogP contribution in [0.4, 0.5) is 0 Å². The van der Waals surface area contributed by atoms with Crippen LogP contribution < -0.4 is 5.56 Å². The van der Waals surface area contributed by atoms with Gasteiger partial charge in [-0.2, -0.15) is 5.10 Å². The number of pyridine rings is 1. The predicted molar refractivity (Wildman–Crippen MR) is 91.9 cm³/mol. The lowest BCUT2D eigenvalue weighted by Gasteiger charge is -2.03. The van der Waals surface area contributed by atoms with Gasteiger partial charge in [-0.15, -0.1) is 11.3 Å². The molecule has 4 aromatic heterocycles. The molecule has 0 amide bonds. The summed E-state index contributed by atoms with van der Waals surface area (Å²) in [7, 11) is 0.